The number of nitrogen functional groups attached to an aromatic ring is 1. The molecule has 0 unspecified atom stereocenters. The van der Waals surface area contributed by atoms with Crippen LogP contribution in [0.2, 0.25) is 0 Å². The lowest BCUT2D eigenvalue weighted by molar-refractivity contribution is 0.770. The zero-order valence-electron chi connectivity index (χ0n) is 7.31. The van der Waals surface area contributed by atoms with Gasteiger partial charge in [0.1, 0.15) is 5.69 Å². The molecule has 0 bridgehead atoms. The molecule has 2 heterocycles. The first kappa shape index (κ1) is 7.79. The van der Waals surface area contributed by atoms with Gasteiger partial charge in [-0.3, -0.25) is 9.67 Å². The molecule has 4 heteroatoms. The number of pyridine rings is 1. The van der Waals surface area contributed by atoms with E-state index in [1.54, 1.807) is 10.9 Å². The molecule has 2 N–H and O–H groups in total. The predicted molar refractivity (Wildman–Crippen MR) is 50.9 cm³/mol. The first-order chi connectivity index (χ1) is 6.25. The molecule has 0 saturated carbocycles. The van der Waals surface area contributed by atoms with E-state index in [1.807, 2.05) is 31.4 Å². The Balaban J connectivity index is 2.41. The van der Waals surface area contributed by atoms with Crippen molar-refractivity contribution in [1.82, 2.24) is 14.8 Å². The van der Waals surface area contributed by atoms with E-state index in [0.717, 1.165) is 11.4 Å². The molecule has 0 aliphatic heterocycles. The summed E-state index contributed by atoms with van der Waals surface area (Å²) in [5.74, 6) is 0. The highest BCUT2D eigenvalue weighted by Gasteiger charge is 2.00. The van der Waals surface area contributed by atoms with E-state index < -0.39 is 0 Å². The number of hydrogen-bond acceptors (Lipinski definition) is 3. The second kappa shape index (κ2) is 2.90. The Morgan fingerprint density at radius 1 is 1.23 bits per heavy atom. The lowest BCUT2D eigenvalue weighted by Crippen LogP contribution is -1.91. The summed E-state index contributed by atoms with van der Waals surface area (Å²) in [6.07, 6.45) is 3.51. The molecule has 0 saturated heterocycles. The molecule has 66 valence electrons. The standard InChI is InChI=1S/C9H10N4/c1-13-5-4-9(12-13)8-3-2-7(10)6-11-8/h2-6H,10H2,1H3. The molecule has 0 amide bonds. The molecule has 2 aromatic heterocycles. The van der Waals surface area contributed by atoms with Crippen LogP contribution in [0.3, 0.4) is 0 Å². The summed E-state index contributed by atoms with van der Waals surface area (Å²) in [6.45, 7) is 0. The molecule has 4 nitrogen and oxygen atoms in total. The van der Waals surface area contributed by atoms with Crippen molar-refractivity contribution in [3.05, 3.63) is 30.6 Å². The van der Waals surface area contributed by atoms with E-state index >= 15 is 0 Å². The van der Waals surface area contributed by atoms with E-state index in [2.05, 4.69) is 10.1 Å². The third-order valence-electron chi connectivity index (χ3n) is 1.76. The average Bonchev–Trinajstić information content (AvgIpc) is 2.53. The minimum absolute atomic E-state index is 0.666. The summed E-state index contributed by atoms with van der Waals surface area (Å²) in [5, 5.41) is 4.22. The highest BCUT2D eigenvalue weighted by atomic mass is 15.2. The number of nitrogens with zero attached hydrogens (tertiary/aromatic N) is 3. The van der Waals surface area contributed by atoms with Crippen molar-refractivity contribution in [2.75, 3.05) is 5.73 Å². The van der Waals surface area contributed by atoms with Gasteiger partial charge in [-0.25, -0.2) is 0 Å². The third kappa shape index (κ3) is 1.51. The predicted octanol–water partition coefficient (Wildman–Crippen LogP) is 1.06. The van der Waals surface area contributed by atoms with Crippen LogP contribution in [0.1, 0.15) is 0 Å². The number of aryl methyl sites for hydroxylation is 1. The molecule has 0 aromatic carbocycles. The van der Waals surface area contributed by atoms with E-state index in [-0.39, 0.29) is 0 Å². The Bertz CT molecular complexity index is 402. The van der Waals surface area contributed by atoms with E-state index in [1.165, 1.54) is 0 Å². The SMILES string of the molecule is Cn1ccc(-c2ccc(N)cn2)n1. The topological polar surface area (TPSA) is 56.7 Å². The molecule has 0 atom stereocenters. The summed E-state index contributed by atoms with van der Waals surface area (Å²) in [6, 6.07) is 5.59. The smallest absolute Gasteiger partial charge is 0.111 e. The summed E-state index contributed by atoms with van der Waals surface area (Å²) >= 11 is 0. The van der Waals surface area contributed by atoms with Crippen LogP contribution in [0.4, 0.5) is 5.69 Å². The van der Waals surface area contributed by atoms with Gasteiger partial charge in [0.25, 0.3) is 0 Å². The molecule has 2 rings (SSSR count). The molecule has 0 aliphatic rings. The minimum atomic E-state index is 0.666. The zero-order chi connectivity index (χ0) is 9.26. The van der Waals surface area contributed by atoms with Gasteiger partial charge in [0.2, 0.25) is 0 Å². The molecule has 0 radical (unpaired) electrons. The first-order valence-corrected chi connectivity index (χ1v) is 3.97. The number of nitrogens with two attached hydrogens (primary N) is 1. The largest absolute Gasteiger partial charge is 0.397 e. The molecular weight excluding hydrogens is 164 g/mol. The maximum atomic E-state index is 5.52. The molecule has 2 aromatic rings. The fraction of sp³-hybridized carbons (Fsp3) is 0.111. The van der Waals surface area contributed by atoms with E-state index in [0.29, 0.717) is 5.69 Å². The van der Waals surface area contributed by atoms with Gasteiger partial charge in [-0.1, -0.05) is 0 Å². The van der Waals surface area contributed by atoms with Crippen molar-refractivity contribution in [1.29, 1.82) is 0 Å². The number of rotatable bonds is 1. The lowest BCUT2D eigenvalue weighted by atomic mass is 10.3. The number of anilines is 1. The third-order valence-corrected chi connectivity index (χ3v) is 1.76. The van der Waals surface area contributed by atoms with Crippen LogP contribution in [-0.2, 0) is 7.05 Å². The Morgan fingerprint density at radius 2 is 2.08 bits per heavy atom. The van der Waals surface area contributed by atoms with Gasteiger partial charge in [0, 0.05) is 13.2 Å². The Labute approximate surface area is 76.0 Å². The average molecular weight is 174 g/mol. The number of hydrogen-bond donors (Lipinski definition) is 1. The summed E-state index contributed by atoms with van der Waals surface area (Å²) in [5.41, 5.74) is 7.89. The maximum absolute atomic E-state index is 5.52. The van der Waals surface area contributed by atoms with Gasteiger partial charge in [0.05, 0.1) is 17.6 Å². The fourth-order valence-corrected chi connectivity index (χ4v) is 1.11. The Hall–Kier alpha value is -1.84. The molecule has 0 aliphatic carbocycles. The zero-order valence-corrected chi connectivity index (χ0v) is 7.31. The molecular formula is C9H10N4. The van der Waals surface area contributed by atoms with Crippen molar-refractivity contribution in [2.45, 2.75) is 0 Å². The number of aromatic nitrogens is 3. The normalized spacial score (nSPS) is 10.2. The highest BCUT2D eigenvalue weighted by Crippen LogP contribution is 2.14. The van der Waals surface area contributed by atoms with Gasteiger partial charge in [-0.15, -0.1) is 0 Å². The first-order valence-electron chi connectivity index (χ1n) is 3.97. The second-order valence-electron chi connectivity index (χ2n) is 2.85. The van der Waals surface area contributed by atoms with Crippen LogP contribution in [0.5, 0.6) is 0 Å². The van der Waals surface area contributed by atoms with E-state index in [9.17, 15) is 0 Å². The monoisotopic (exact) mass is 174 g/mol. The maximum Gasteiger partial charge on any atom is 0.111 e. The van der Waals surface area contributed by atoms with Crippen LogP contribution < -0.4 is 5.73 Å². The van der Waals surface area contributed by atoms with Gasteiger partial charge >= 0.3 is 0 Å². The molecule has 0 spiro atoms. The van der Waals surface area contributed by atoms with Crippen molar-refractivity contribution >= 4 is 5.69 Å². The summed E-state index contributed by atoms with van der Waals surface area (Å²) < 4.78 is 1.74. The van der Waals surface area contributed by atoms with Crippen LogP contribution in [0.25, 0.3) is 11.4 Å². The highest BCUT2D eigenvalue weighted by molar-refractivity contribution is 5.55. The summed E-state index contributed by atoms with van der Waals surface area (Å²) in [4.78, 5) is 4.16. The van der Waals surface area contributed by atoms with Crippen LogP contribution >= 0.6 is 0 Å². The van der Waals surface area contributed by atoms with Gasteiger partial charge in [-0.05, 0) is 18.2 Å². The second-order valence-corrected chi connectivity index (χ2v) is 2.85. The van der Waals surface area contributed by atoms with Gasteiger partial charge in [-0.2, -0.15) is 5.10 Å². The quantitative estimate of drug-likeness (QED) is 0.703. The van der Waals surface area contributed by atoms with Crippen molar-refractivity contribution < 1.29 is 0 Å². The molecule has 13 heavy (non-hydrogen) atoms. The summed E-state index contributed by atoms with van der Waals surface area (Å²) in [7, 11) is 1.88. The van der Waals surface area contributed by atoms with Crippen LogP contribution in [-0.4, -0.2) is 14.8 Å². The minimum Gasteiger partial charge on any atom is -0.397 e. The van der Waals surface area contributed by atoms with Crippen molar-refractivity contribution in [2.24, 2.45) is 7.05 Å². The van der Waals surface area contributed by atoms with Crippen LogP contribution in [0.15, 0.2) is 30.6 Å². The fourth-order valence-electron chi connectivity index (χ4n) is 1.11. The Morgan fingerprint density at radius 3 is 2.62 bits per heavy atom. The van der Waals surface area contributed by atoms with Crippen molar-refractivity contribution in [3.63, 3.8) is 0 Å². The Kier molecular flexibility index (Phi) is 1.73. The van der Waals surface area contributed by atoms with Crippen LogP contribution in [0, 0.1) is 0 Å². The van der Waals surface area contributed by atoms with Gasteiger partial charge < -0.3 is 5.73 Å². The lowest BCUT2D eigenvalue weighted by Gasteiger charge is -1.95. The van der Waals surface area contributed by atoms with E-state index in [4.69, 9.17) is 5.73 Å². The van der Waals surface area contributed by atoms with Gasteiger partial charge in [0.15, 0.2) is 0 Å². The van der Waals surface area contributed by atoms with Crippen molar-refractivity contribution in [3.8, 4) is 11.4 Å². The molecule has 0 fully saturated rings.